The lowest BCUT2D eigenvalue weighted by molar-refractivity contribution is -0.385. The van der Waals surface area contributed by atoms with Gasteiger partial charge in [-0.2, -0.15) is 9.78 Å². The molecule has 0 atom stereocenters. The second-order valence-corrected chi connectivity index (χ2v) is 7.45. The van der Waals surface area contributed by atoms with Crippen LogP contribution >= 0.6 is 11.6 Å². The quantitative estimate of drug-likeness (QED) is 0.245. The average molecular weight is 478 g/mol. The summed E-state index contributed by atoms with van der Waals surface area (Å²) in [6.45, 7) is -0.577. The van der Waals surface area contributed by atoms with Crippen LogP contribution in [0.25, 0.3) is 22.3 Å². The smallest absolute Gasteiger partial charge is 0.313 e. The van der Waals surface area contributed by atoms with Gasteiger partial charge in [-0.15, -0.1) is 0 Å². The number of carbonyl (C=O) groups is 1. The van der Waals surface area contributed by atoms with Crippen molar-refractivity contribution in [3.05, 3.63) is 97.8 Å². The number of nitrogens with two attached hydrogens (primary N) is 1. The van der Waals surface area contributed by atoms with Gasteiger partial charge in [0.2, 0.25) is 5.75 Å². The summed E-state index contributed by atoms with van der Waals surface area (Å²) < 4.78 is 6.21. The van der Waals surface area contributed by atoms with Crippen LogP contribution in [0.5, 0.6) is 5.75 Å². The van der Waals surface area contributed by atoms with Gasteiger partial charge in [0, 0.05) is 17.2 Å². The highest BCUT2D eigenvalue weighted by Crippen LogP contribution is 2.35. The maximum atomic E-state index is 13.2. The molecule has 0 aliphatic carbocycles. The summed E-state index contributed by atoms with van der Waals surface area (Å²) in [5.41, 5.74) is 5.53. The first-order chi connectivity index (χ1) is 16.3. The van der Waals surface area contributed by atoms with Crippen molar-refractivity contribution in [1.82, 2.24) is 9.66 Å². The average Bonchev–Trinajstić information content (AvgIpc) is 2.82. The number of aromatic nitrogens is 2. The van der Waals surface area contributed by atoms with Crippen molar-refractivity contribution in [2.75, 3.05) is 6.61 Å². The molecule has 0 saturated carbocycles. The van der Waals surface area contributed by atoms with Crippen LogP contribution in [0.3, 0.4) is 0 Å². The molecule has 0 aliphatic rings. The van der Waals surface area contributed by atoms with Crippen molar-refractivity contribution in [3.8, 4) is 17.1 Å². The molecule has 0 bridgehead atoms. The number of fused-ring (bicyclic) bond motifs is 1. The van der Waals surface area contributed by atoms with Crippen molar-refractivity contribution in [2.45, 2.75) is 0 Å². The number of nitro benzene ring substituents is 1. The van der Waals surface area contributed by atoms with Crippen LogP contribution in [0, 0.1) is 10.1 Å². The van der Waals surface area contributed by atoms with Gasteiger partial charge in [-0.1, -0.05) is 54.1 Å². The Morgan fingerprint density at radius 1 is 1.18 bits per heavy atom. The van der Waals surface area contributed by atoms with Gasteiger partial charge >= 0.3 is 5.69 Å². The van der Waals surface area contributed by atoms with Gasteiger partial charge in [-0.3, -0.25) is 19.7 Å². The fraction of sp³-hybridized carbons (Fsp3) is 0.0435. The van der Waals surface area contributed by atoms with Gasteiger partial charge in [0.25, 0.3) is 11.5 Å². The molecular formula is C23H16ClN5O5. The summed E-state index contributed by atoms with van der Waals surface area (Å²) in [4.78, 5) is 39.6. The van der Waals surface area contributed by atoms with E-state index in [0.717, 1.165) is 10.7 Å². The number of hydrogen-bond donors (Lipinski definition) is 1. The first kappa shape index (κ1) is 22.6. The number of benzene rings is 3. The fourth-order valence-corrected chi connectivity index (χ4v) is 3.50. The number of amides is 1. The Morgan fingerprint density at radius 2 is 1.88 bits per heavy atom. The maximum absolute atomic E-state index is 13.2. The minimum atomic E-state index is -0.812. The van der Waals surface area contributed by atoms with E-state index in [-0.39, 0.29) is 16.3 Å². The number of ether oxygens (including phenoxy) is 1. The van der Waals surface area contributed by atoms with E-state index in [4.69, 9.17) is 22.1 Å². The zero-order valence-corrected chi connectivity index (χ0v) is 18.2. The largest absolute Gasteiger partial charge is 0.476 e. The normalized spacial score (nSPS) is 11.1. The van der Waals surface area contributed by atoms with Crippen LogP contribution in [0.15, 0.2) is 76.6 Å². The predicted octanol–water partition coefficient (Wildman–Crippen LogP) is 3.37. The summed E-state index contributed by atoms with van der Waals surface area (Å²) in [6.07, 6.45) is 1.25. The molecule has 1 aromatic heterocycles. The van der Waals surface area contributed by atoms with Gasteiger partial charge in [-0.05, 0) is 18.2 Å². The van der Waals surface area contributed by atoms with Gasteiger partial charge in [-0.25, -0.2) is 4.98 Å². The highest BCUT2D eigenvalue weighted by molar-refractivity contribution is 6.32. The van der Waals surface area contributed by atoms with Crippen LogP contribution in [-0.2, 0) is 4.79 Å². The van der Waals surface area contributed by atoms with Gasteiger partial charge in [0.15, 0.2) is 12.4 Å². The molecule has 10 nitrogen and oxygen atoms in total. The number of rotatable bonds is 7. The van der Waals surface area contributed by atoms with Crippen LogP contribution in [0.1, 0.15) is 5.56 Å². The highest BCUT2D eigenvalue weighted by Gasteiger charge is 2.21. The van der Waals surface area contributed by atoms with Crippen LogP contribution in [0.2, 0.25) is 5.02 Å². The van der Waals surface area contributed by atoms with Gasteiger partial charge < -0.3 is 10.5 Å². The third-order valence-electron chi connectivity index (χ3n) is 4.71. The van der Waals surface area contributed by atoms with Crippen molar-refractivity contribution in [1.29, 1.82) is 0 Å². The SMILES string of the molecule is NC(=O)COc1c(Cl)cc(C=Nn2c(-c3ccccc3)nc3ccccc3c2=O)cc1[N+](=O)[O-]. The maximum Gasteiger partial charge on any atom is 0.313 e. The molecule has 4 rings (SSSR count). The molecule has 0 aliphatic heterocycles. The molecule has 0 radical (unpaired) electrons. The molecule has 1 amide bonds. The van der Waals surface area contributed by atoms with E-state index < -0.39 is 28.7 Å². The molecule has 0 fully saturated rings. The van der Waals surface area contributed by atoms with Crippen LogP contribution < -0.4 is 16.0 Å². The zero-order chi connectivity index (χ0) is 24.2. The summed E-state index contributed by atoms with van der Waals surface area (Å²) in [6, 6.07) is 18.4. The van der Waals surface area contributed by atoms with E-state index in [1.54, 1.807) is 48.5 Å². The lowest BCUT2D eigenvalue weighted by Crippen LogP contribution is -2.20. The molecule has 3 aromatic carbocycles. The van der Waals surface area contributed by atoms with Crippen molar-refractivity contribution in [2.24, 2.45) is 10.8 Å². The second kappa shape index (κ2) is 9.51. The Bertz CT molecular complexity index is 1500. The number of para-hydroxylation sites is 1. The minimum absolute atomic E-state index is 0.121. The molecule has 1 heterocycles. The molecule has 4 aromatic rings. The molecule has 0 saturated heterocycles. The van der Waals surface area contributed by atoms with Crippen molar-refractivity contribution >= 4 is 40.3 Å². The Balaban J connectivity index is 1.84. The molecule has 170 valence electrons. The topological polar surface area (TPSA) is 143 Å². The van der Waals surface area contributed by atoms with E-state index in [9.17, 15) is 19.7 Å². The number of halogens is 1. The fourth-order valence-electron chi connectivity index (χ4n) is 3.22. The number of carbonyl (C=O) groups excluding carboxylic acids is 1. The minimum Gasteiger partial charge on any atom is -0.476 e. The third kappa shape index (κ3) is 4.62. The van der Waals surface area contributed by atoms with E-state index in [1.165, 1.54) is 12.3 Å². The van der Waals surface area contributed by atoms with Crippen LogP contribution in [-0.4, -0.2) is 33.3 Å². The first-order valence-electron chi connectivity index (χ1n) is 9.86. The Morgan fingerprint density at radius 3 is 2.59 bits per heavy atom. The monoisotopic (exact) mass is 477 g/mol. The van der Waals surface area contributed by atoms with Gasteiger partial charge in [0.1, 0.15) is 0 Å². The molecule has 34 heavy (non-hydrogen) atoms. The summed E-state index contributed by atoms with van der Waals surface area (Å²) >= 11 is 6.16. The lowest BCUT2D eigenvalue weighted by atomic mass is 10.2. The Kier molecular flexibility index (Phi) is 6.33. The van der Waals surface area contributed by atoms with E-state index in [2.05, 4.69) is 10.1 Å². The number of primary amides is 1. The third-order valence-corrected chi connectivity index (χ3v) is 4.99. The Hall–Kier alpha value is -4.57. The zero-order valence-electron chi connectivity index (χ0n) is 17.4. The van der Waals surface area contributed by atoms with Gasteiger partial charge in [0.05, 0.1) is 27.1 Å². The second-order valence-electron chi connectivity index (χ2n) is 7.04. The molecule has 0 unspecified atom stereocenters. The summed E-state index contributed by atoms with van der Waals surface area (Å²) in [7, 11) is 0. The standard InChI is InChI=1S/C23H16ClN5O5/c24-17-10-14(11-19(29(32)33)21(17)34-13-20(25)30)12-26-28-22(15-6-2-1-3-7-15)27-18-9-5-4-8-16(18)23(28)31/h1-12H,13H2,(H2,25,30). The predicted molar refractivity (Wildman–Crippen MR) is 127 cm³/mol. The van der Waals surface area contributed by atoms with Crippen molar-refractivity contribution < 1.29 is 14.5 Å². The van der Waals surface area contributed by atoms with E-state index >= 15 is 0 Å². The van der Waals surface area contributed by atoms with Crippen LogP contribution in [0.4, 0.5) is 5.69 Å². The summed E-state index contributed by atoms with van der Waals surface area (Å²) in [5.74, 6) is -0.813. The number of nitro groups is 1. The Labute approximate surface area is 197 Å². The first-order valence-corrected chi connectivity index (χ1v) is 10.2. The number of hydrogen-bond acceptors (Lipinski definition) is 7. The van der Waals surface area contributed by atoms with E-state index in [1.807, 2.05) is 6.07 Å². The molecule has 2 N–H and O–H groups in total. The molecular weight excluding hydrogens is 462 g/mol. The highest BCUT2D eigenvalue weighted by atomic mass is 35.5. The molecule has 0 spiro atoms. The van der Waals surface area contributed by atoms with E-state index in [0.29, 0.717) is 22.3 Å². The van der Waals surface area contributed by atoms with Crippen molar-refractivity contribution in [3.63, 3.8) is 0 Å². The number of nitrogens with zero attached hydrogens (tertiary/aromatic N) is 4. The summed E-state index contributed by atoms with van der Waals surface area (Å²) in [5, 5.41) is 16.0. The molecule has 11 heteroatoms. The lowest BCUT2D eigenvalue weighted by Gasteiger charge is -2.10.